The molecule has 4 rings (SSSR count). The highest BCUT2D eigenvalue weighted by Gasteiger charge is 2.18. The molecule has 0 unspecified atom stereocenters. The predicted molar refractivity (Wildman–Crippen MR) is 128 cm³/mol. The van der Waals surface area contributed by atoms with Crippen LogP contribution in [0.25, 0.3) is 11.1 Å². The molecule has 3 aromatic carbocycles. The van der Waals surface area contributed by atoms with E-state index in [1.54, 1.807) is 30.3 Å². The molecule has 1 aromatic heterocycles. The Bertz CT molecular complexity index is 1450. The van der Waals surface area contributed by atoms with E-state index in [4.69, 9.17) is 9.15 Å². The Morgan fingerprint density at radius 3 is 2.54 bits per heavy atom. The minimum atomic E-state index is -4.00. The van der Waals surface area contributed by atoms with Crippen molar-refractivity contribution in [3.05, 3.63) is 84.3 Å². The number of oxazole rings is 1. The summed E-state index contributed by atoms with van der Waals surface area (Å²) in [5.74, 6) is -0.365. The summed E-state index contributed by atoms with van der Waals surface area (Å²) in [5.41, 5.74) is 6.23. The molecule has 0 bridgehead atoms. The molecular formula is C24H22N4O6S. The van der Waals surface area contributed by atoms with Gasteiger partial charge in [0.25, 0.3) is 15.9 Å². The van der Waals surface area contributed by atoms with E-state index in [2.05, 4.69) is 20.6 Å². The van der Waals surface area contributed by atoms with Crippen LogP contribution in [-0.4, -0.2) is 32.3 Å². The number of carbonyl (C=O) groups is 2. The van der Waals surface area contributed by atoms with E-state index < -0.39 is 21.8 Å². The summed E-state index contributed by atoms with van der Waals surface area (Å²) in [6, 6.07) is 19.2. The fourth-order valence-corrected chi connectivity index (χ4v) is 4.36. The number of methoxy groups -OCH3 is 1. The monoisotopic (exact) mass is 494 g/mol. The maximum absolute atomic E-state index is 12.8. The van der Waals surface area contributed by atoms with Crippen LogP contribution in [0.5, 0.6) is 5.75 Å². The number of aryl methyl sites for hydroxylation is 1. The lowest BCUT2D eigenvalue weighted by Crippen LogP contribution is -2.41. The second kappa shape index (κ2) is 10.3. The Morgan fingerprint density at radius 2 is 1.74 bits per heavy atom. The number of ether oxygens (including phenoxy) is 1. The number of hydrogen-bond donors (Lipinski definition) is 3. The lowest BCUT2D eigenvalue weighted by atomic mass is 10.2. The quantitative estimate of drug-likeness (QED) is 0.320. The van der Waals surface area contributed by atoms with Gasteiger partial charge in [-0.3, -0.25) is 25.2 Å². The summed E-state index contributed by atoms with van der Waals surface area (Å²) < 4.78 is 38.8. The maximum Gasteiger partial charge on any atom is 0.269 e. The Labute approximate surface area is 201 Å². The van der Waals surface area contributed by atoms with E-state index in [1.165, 1.54) is 31.4 Å². The summed E-state index contributed by atoms with van der Waals surface area (Å²) in [4.78, 5) is 28.8. The molecule has 35 heavy (non-hydrogen) atoms. The molecule has 10 nitrogen and oxygen atoms in total. The number of fused-ring (bicyclic) bond motifs is 1. The van der Waals surface area contributed by atoms with Gasteiger partial charge in [0.1, 0.15) is 11.3 Å². The molecule has 0 atom stereocenters. The summed E-state index contributed by atoms with van der Waals surface area (Å²) in [6.45, 7) is 0. The number of aromatic nitrogens is 1. The first kappa shape index (κ1) is 23.8. The highest BCUT2D eigenvalue weighted by Crippen LogP contribution is 2.26. The molecule has 0 radical (unpaired) electrons. The zero-order valence-corrected chi connectivity index (χ0v) is 19.5. The molecule has 2 amide bonds. The van der Waals surface area contributed by atoms with Crippen LogP contribution in [0.1, 0.15) is 22.7 Å². The van der Waals surface area contributed by atoms with Gasteiger partial charge in [-0.15, -0.1) is 0 Å². The first-order valence-electron chi connectivity index (χ1n) is 10.6. The molecule has 4 aromatic rings. The molecule has 0 aliphatic heterocycles. The van der Waals surface area contributed by atoms with Gasteiger partial charge >= 0.3 is 0 Å². The Balaban J connectivity index is 1.35. The molecule has 0 spiro atoms. The lowest BCUT2D eigenvalue weighted by molar-refractivity contribution is -0.121. The van der Waals surface area contributed by atoms with Crippen molar-refractivity contribution < 1.29 is 27.2 Å². The number of nitrogens with one attached hydrogen (secondary N) is 3. The van der Waals surface area contributed by atoms with Gasteiger partial charge in [-0.05, 0) is 42.5 Å². The second-order valence-electron chi connectivity index (χ2n) is 7.41. The minimum absolute atomic E-state index is 0.0321. The van der Waals surface area contributed by atoms with Crippen LogP contribution in [0.4, 0.5) is 5.69 Å². The summed E-state index contributed by atoms with van der Waals surface area (Å²) >= 11 is 0. The zero-order chi connectivity index (χ0) is 24.8. The average Bonchev–Trinajstić information content (AvgIpc) is 3.29. The van der Waals surface area contributed by atoms with Crippen molar-refractivity contribution in [2.24, 2.45) is 0 Å². The summed E-state index contributed by atoms with van der Waals surface area (Å²) in [7, 11) is -2.57. The number of hydrogen-bond acceptors (Lipinski definition) is 7. The van der Waals surface area contributed by atoms with Crippen molar-refractivity contribution in [1.82, 2.24) is 15.8 Å². The lowest BCUT2D eigenvalue weighted by Gasteiger charge is -2.12. The average molecular weight is 495 g/mol. The molecule has 0 saturated heterocycles. The van der Waals surface area contributed by atoms with E-state index >= 15 is 0 Å². The Kier molecular flexibility index (Phi) is 6.97. The SMILES string of the molecule is COc1ccccc1NS(=O)(=O)c1cccc(C(=O)NNC(=O)CCc2nc3ccccc3o2)c1. The van der Waals surface area contributed by atoms with Crippen molar-refractivity contribution in [3.63, 3.8) is 0 Å². The molecule has 1 heterocycles. The fraction of sp³-hybridized carbons (Fsp3) is 0.125. The van der Waals surface area contributed by atoms with Gasteiger partial charge < -0.3 is 9.15 Å². The van der Waals surface area contributed by atoms with Crippen LogP contribution in [-0.2, 0) is 21.2 Å². The summed E-state index contributed by atoms with van der Waals surface area (Å²) in [5, 5.41) is 0. The first-order valence-corrected chi connectivity index (χ1v) is 12.0. The Hall–Kier alpha value is -4.38. The van der Waals surface area contributed by atoms with Gasteiger partial charge in [0.2, 0.25) is 5.91 Å². The number of benzene rings is 3. The highest BCUT2D eigenvalue weighted by atomic mass is 32.2. The van der Waals surface area contributed by atoms with Crippen molar-refractivity contribution in [1.29, 1.82) is 0 Å². The van der Waals surface area contributed by atoms with Gasteiger partial charge in [0, 0.05) is 18.4 Å². The van der Waals surface area contributed by atoms with E-state index in [-0.39, 0.29) is 29.0 Å². The topological polar surface area (TPSA) is 140 Å². The van der Waals surface area contributed by atoms with Crippen LogP contribution in [0.3, 0.4) is 0 Å². The van der Waals surface area contributed by atoms with Crippen molar-refractivity contribution in [3.8, 4) is 5.75 Å². The van der Waals surface area contributed by atoms with E-state index in [1.807, 2.05) is 18.2 Å². The van der Waals surface area contributed by atoms with Crippen molar-refractivity contribution in [2.45, 2.75) is 17.7 Å². The standard InChI is InChI=1S/C24H22N4O6S/c1-33-20-11-4-3-10-19(20)28-35(31,32)17-8-6-7-16(15-17)24(30)27-26-22(29)13-14-23-25-18-9-2-5-12-21(18)34-23/h2-12,15,28H,13-14H2,1H3,(H,26,29)(H,27,30). The molecule has 0 saturated carbocycles. The van der Waals surface area contributed by atoms with Crippen molar-refractivity contribution >= 4 is 38.6 Å². The van der Waals surface area contributed by atoms with Crippen LogP contribution in [0, 0.1) is 0 Å². The van der Waals surface area contributed by atoms with E-state index in [0.717, 1.165) is 0 Å². The van der Waals surface area contributed by atoms with Crippen LogP contribution in [0.2, 0.25) is 0 Å². The van der Waals surface area contributed by atoms with E-state index in [0.29, 0.717) is 22.7 Å². The number of carbonyl (C=O) groups excluding carboxylic acids is 2. The number of anilines is 1. The molecule has 180 valence electrons. The van der Waals surface area contributed by atoms with E-state index in [9.17, 15) is 18.0 Å². The molecular weight excluding hydrogens is 472 g/mol. The normalized spacial score (nSPS) is 11.1. The number of rotatable bonds is 8. The molecule has 0 aliphatic carbocycles. The van der Waals surface area contributed by atoms with Gasteiger partial charge in [-0.2, -0.15) is 0 Å². The summed E-state index contributed by atoms with van der Waals surface area (Å²) in [6.07, 6.45) is 0.281. The number of hydrazine groups is 1. The maximum atomic E-state index is 12.8. The third-order valence-corrected chi connectivity index (χ3v) is 6.34. The van der Waals surface area contributed by atoms with Gasteiger partial charge in [0.15, 0.2) is 11.5 Å². The largest absolute Gasteiger partial charge is 0.495 e. The molecule has 0 aliphatic rings. The second-order valence-corrected chi connectivity index (χ2v) is 9.09. The van der Waals surface area contributed by atoms with Gasteiger partial charge in [-0.1, -0.05) is 30.3 Å². The highest BCUT2D eigenvalue weighted by molar-refractivity contribution is 7.92. The number of amides is 2. The number of para-hydroxylation sites is 4. The van der Waals surface area contributed by atoms with Crippen molar-refractivity contribution in [2.75, 3.05) is 11.8 Å². The first-order chi connectivity index (χ1) is 16.9. The fourth-order valence-electron chi connectivity index (χ4n) is 3.25. The van der Waals surface area contributed by atoms with Crippen LogP contribution < -0.4 is 20.3 Å². The van der Waals surface area contributed by atoms with Crippen LogP contribution in [0.15, 0.2) is 82.1 Å². The zero-order valence-electron chi connectivity index (χ0n) is 18.6. The van der Waals surface area contributed by atoms with Crippen LogP contribution >= 0.6 is 0 Å². The third-order valence-electron chi connectivity index (χ3n) is 4.98. The minimum Gasteiger partial charge on any atom is -0.495 e. The smallest absolute Gasteiger partial charge is 0.269 e. The number of sulfonamides is 1. The third kappa shape index (κ3) is 5.76. The molecule has 0 fully saturated rings. The molecule has 11 heteroatoms. The predicted octanol–water partition coefficient (Wildman–Crippen LogP) is 3.03. The Morgan fingerprint density at radius 1 is 0.971 bits per heavy atom. The van der Waals surface area contributed by atoms with Gasteiger partial charge in [-0.25, -0.2) is 13.4 Å². The number of nitrogens with zero attached hydrogens (tertiary/aromatic N) is 1. The van der Waals surface area contributed by atoms with Gasteiger partial charge in [0.05, 0.1) is 17.7 Å². The molecule has 3 N–H and O–H groups in total.